The lowest BCUT2D eigenvalue weighted by Crippen LogP contribution is -2.14. The number of methoxy groups -OCH3 is 1. The lowest BCUT2D eigenvalue weighted by Gasteiger charge is -2.18. The summed E-state index contributed by atoms with van der Waals surface area (Å²) in [5.41, 5.74) is 6.49. The predicted octanol–water partition coefficient (Wildman–Crippen LogP) is 4.58. The summed E-state index contributed by atoms with van der Waals surface area (Å²) in [5.74, 6) is -3.76. The van der Waals surface area contributed by atoms with Crippen LogP contribution in [0.4, 0.5) is 13.2 Å². The molecule has 0 aliphatic heterocycles. The second-order valence-electron chi connectivity index (χ2n) is 4.29. The van der Waals surface area contributed by atoms with Gasteiger partial charge in [-0.15, -0.1) is 0 Å². The van der Waals surface area contributed by atoms with Gasteiger partial charge >= 0.3 is 0 Å². The first-order valence-corrected chi connectivity index (χ1v) is 6.95. The highest BCUT2D eigenvalue weighted by atomic mass is 79.9. The zero-order valence-corrected chi connectivity index (χ0v) is 13.1. The molecule has 21 heavy (non-hydrogen) atoms. The van der Waals surface area contributed by atoms with E-state index in [2.05, 4.69) is 15.9 Å². The van der Waals surface area contributed by atoms with Crippen molar-refractivity contribution in [3.05, 3.63) is 62.3 Å². The maximum atomic E-state index is 13.3. The van der Waals surface area contributed by atoms with Crippen LogP contribution in [0.2, 0.25) is 5.02 Å². The third kappa shape index (κ3) is 3.17. The van der Waals surface area contributed by atoms with Gasteiger partial charge in [0.05, 0.1) is 17.6 Å². The number of nitrogens with two attached hydrogens (primary N) is 1. The summed E-state index contributed by atoms with van der Waals surface area (Å²) >= 11 is 9.22. The van der Waals surface area contributed by atoms with Crippen molar-refractivity contribution in [2.45, 2.75) is 6.04 Å². The molecule has 2 aromatic carbocycles. The van der Waals surface area contributed by atoms with Crippen molar-refractivity contribution in [3.8, 4) is 5.75 Å². The Bertz CT molecular complexity index is 673. The average molecular weight is 381 g/mol. The summed E-state index contributed by atoms with van der Waals surface area (Å²) in [6.45, 7) is 0. The van der Waals surface area contributed by atoms with Crippen LogP contribution in [0.15, 0.2) is 28.7 Å². The third-order valence-electron chi connectivity index (χ3n) is 2.94. The van der Waals surface area contributed by atoms with Crippen LogP contribution >= 0.6 is 27.5 Å². The SMILES string of the molecule is COc1c(Br)cc(Cl)cc1C(N)c1cc(F)c(F)c(F)c1. The van der Waals surface area contributed by atoms with E-state index in [1.807, 2.05) is 0 Å². The molecule has 0 spiro atoms. The van der Waals surface area contributed by atoms with Crippen LogP contribution in [0, 0.1) is 17.5 Å². The van der Waals surface area contributed by atoms with E-state index in [9.17, 15) is 13.2 Å². The van der Waals surface area contributed by atoms with Crippen LogP contribution in [0.1, 0.15) is 17.2 Å². The molecule has 0 amide bonds. The fraction of sp³-hybridized carbons (Fsp3) is 0.143. The van der Waals surface area contributed by atoms with Gasteiger partial charge in [0.2, 0.25) is 0 Å². The Kier molecular flexibility index (Phi) is 4.81. The molecule has 0 aromatic heterocycles. The highest BCUT2D eigenvalue weighted by molar-refractivity contribution is 9.10. The molecular weight excluding hydrogens is 371 g/mol. The van der Waals surface area contributed by atoms with Gasteiger partial charge < -0.3 is 10.5 Å². The van der Waals surface area contributed by atoms with E-state index >= 15 is 0 Å². The standard InChI is InChI=1S/C14H10BrClF3NO/c1-21-14-8(4-7(16)5-9(14)15)13(20)6-2-10(17)12(19)11(18)3-6/h2-5,13H,20H2,1H3. The number of ether oxygens (including phenoxy) is 1. The van der Waals surface area contributed by atoms with Gasteiger partial charge in [0.15, 0.2) is 17.5 Å². The largest absolute Gasteiger partial charge is 0.495 e. The summed E-state index contributed by atoms with van der Waals surface area (Å²) in [4.78, 5) is 0. The van der Waals surface area contributed by atoms with E-state index in [0.717, 1.165) is 12.1 Å². The first kappa shape index (κ1) is 16.1. The van der Waals surface area contributed by atoms with Crippen LogP contribution < -0.4 is 10.5 Å². The smallest absolute Gasteiger partial charge is 0.194 e. The Labute approximate surface area is 132 Å². The van der Waals surface area contributed by atoms with Gasteiger partial charge in [-0.1, -0.05) is 11.6 Å². The van der Waals surface area contributed by atoms with E-state index in [4.69, 9.17) is 22.1 Å². The van der Waals surface area contributed by atoms with Gasteiger partial charge in [0, 0.05) is 10.6 Å². The Balaban J connectivity index is 2.57. The fourth-order valence-electron chi connectivity index (χ4n) is 1.96. The number of halogens is 5. The number of rotatable bonds is 3. The minimum atomic E-state index is -1.54. The Morgan fingerprint density at radius 3 is 2.24 bits per heavy atom. The lowest BCUT2D eigenvalue weighted by molar-refractivity contribution is 0.404. The van der Waals surface area contributed by atoms with E-state index in [-0.39, 0.29) is 5.56 Å². The maximum Gasteiger partial charge on any atom is 0.194 e. The van der Waals surface area contributed by atoms with Crippen LogP contribution in [-0.4, -0.2) is 7.11 Å². The van der Waals surface area contributed by atoms with Crippen molar-refractivity contribution < 1.29 is 17.9 Å². The summed E-state index contributed by atoms with van der Waals surface area (Å²) in [5, 5.41) is 0.371. The van der Waals surface area contributed by atoms with Crippen molar-refractivity contribution >= 4 is 27.5 Å². The van der Waals surface area contributed by atoms with Crippen molar-refractivity contribution in [2.24, 2.45) is 5.73 Å². The quantitative estimate of drug-likeness (QED) is 0.791. The molecule has 112 valence electrons. The fourth-order valence-corrected chi connectivity index (χ4v) is 2.96. The summed E-state index contributed by atoms with van der Waals surface area (Å²) in [7, 11) is 1.43. The molecule has 1 unspecified atom stereocenters. The lowest BCUT2D eigenvalue weighted by atomic mass is 9.98. The molecule has 1 atom stereocenters. The third-order valence-corrected chi connectivity index (χ3v) is 3.75. The van der Waals surface area contributed by atoms with E-state index in [1.165, 1.54) is 13.2 Å². The normalized spacial score (nSPS) is 12.3. The monoisotopic (exact) mass is 379 g/mol. The minimum Gasteiger partial charge on any atom is -0.495 e. The van der Waals surface area contributed by atoms with Crippen molar-refractivity contribution in [1.29, 1.82) is 0 Å². The van der Waals surface area contributed by atoms with Crippen LogP contribution in [0.25, 0.3) is 0 Å². The molecule has 2 rings (SSSR count). The predicted molar refractivity (Wildman–Crippen MR) is 78.1 cm³/mol. The first-order chi connectivity index (χ1) is 9.85. The summed E-state index contributed by atoms with van der Waals surface area (Å²) in [6, 6.07) is 3.88. The molecular formula is C14H10BrClF3NO. The molecule has 0 radical (unpaired) electrons. The van der Waals surface area contributed by atoms with Crippen molar-refractivity contribution in [2.75, 3.05) is 7.11 Å². The molecule has 2 nitrogen and oxygen atoms in total. The Morgan fingerprint density at radius 2 is 1.71 bits per heavy atom. The van der Waals surface area contributed by atoms with Crippen LogP contribution in [0.3, 0.4) is 0 Å². The van der Waals surface area contributed by atoms with E-state index in [1.54, 1.807) is 6.07 Å². The Morgan fingerprint density at radius 1 is 1.14 bits per heavy atom. The van der Waals surface area contributed by atoms with Crippen LogP contribution in [0.5, 0.6) is 5.75 Å². The topological polar surface area (TPSA) is 35.2 Å². The maximum absolute atomic E-state index is 13.3. The molecule has 0 heterocycles. The Hall–Kier alpha value is -1.24. The molecule has 0 saturated carbocycles. The minimum absolute atomic E-state index is 0.0684. The second kappa shape index (κ2) is 6.25. The summed E-state index contributed by atoms with van der Waals surface area (Å²) in [6.07, 6.45) is 0. The number of hydrogen-bond donors (Lipinski definition) is 1. The van der Waals surface area contributed by atoms with Gasteiger partial charge in [-0.25, -0.2) is 13.2 Å². The van der Waals surface area contributed by atoms with E-state index in [0.29, 0.717) is 20.8 Å². The summed E-state index contributed by atoms with van der Waals surface area (Å²) < 4.78 is 45.4. The average Bonchev–Trinajstić information content (AvgIpc) is 2.42. The van der Waals surface area contributed by atoms with Crippen molar-refractivity contribution in [1.82, 2.24) is 0 Å². The van der Waals surface area contributed by atoms with Gasteiger partial charge in [-0.05, 0) is 45.8 Å². The van der Waals surface area contributed by atoms with Crippen LogP contribution in [-0.2, 0) is 0 Å². The zero-order chi connectivity index (χ0) is 15.7. The molecule has 0 aliphatic rings. The molecule has 7 heteroatoms. The molecule has 2 N–H and O–H groups in total. The van der Waals surface area contributed by atoms with Gasteiger partial charge in [-0.2, -0.15) is 0 Å². The van der Waals surface area contributed by atoms with E-state index < -0.39 is 23.5 Å². The van der Waals surface area contributed by atoms with Crippen molar-refractivity contribution in [3.63, 3.8) is 0 Å². The molecule has 0 fully saturated rings. The zero-order valence-electron chi connectivity index (χ0n) is 10.8. The van der Waals surface area contributed by atoms with Gasteiger partial charge in [0.25, 0.3) is 0 Å². The second-order valence-corrected chi connectivity index (χ2v) is 5.58. The first-order valence-electron chi connectivity index (χ1n) is 5.78. The molecule has 0 saturated heterocycles. The molecule has 0 bridgehead atoms. The number of hydrogen-bond acceptors (Lipinski definition) is 2. The number of benzene rings is 2. The van der Waals surface area contributed by atoms with Gasteiger partial charge in [-0.3, -0.25) is 0 Å². The van der Waals surface area contributed by atoms with Gasteiger partial charge in [0.1, 0.15) is 5.75 Å². The molecule has 2 aromatic rings. The molecule has 0 aliphatic carbocycles. The highest BCUT2D eigenvalue weighted by Crippen LogP contribution is 2.37. The highest BCUT2D eigenvalue weighted by Gasteiger charge is 2.20.